The molecule has 3 aromatic rings. The number of carbonyl (C=O) groups is 1. The van der Waals surface area contributed by atoms with Crippen molar-refractivity contribution in [3.63, 3.8) is 0 Å². The quantitative estimate of drug-likeness (QED) is 0.674. The fraction of sp³-hybridized carbons (Fsp3) is 0.273. The molecule has 0 saturated carbocycles. The number of carbonyl (C=O) groups excluding carboxylic acids is 1. The van der Waals surface area contributed by atoms with E-state index in [1.807, 2.05) is 12.1 Å². The van der Waals surface area contributed by atoms with Gasteiger partial charge in [-0.3, -0.25) is 9.59 Å². The number of halogens is 3. The van der Waals surface area contributed by atoms with E-state index in [9.17, 15) is 22.8 Å². The van der Waals surface area contributed by atoms with Crippen LogP contribution in [0, 0.1) is 0 Å². The van der Waals surface area contributed by atoms with Crippen LogP contribution in [0.4, 0.5) is 13.2 Å². The van der Waals surface area contributed by atoms with Crippen molar-refractivity contribution < 1.29 is 27.4 Å². The first-order chi connectivity index (χ1) is 14.8. The Morgan fingerprint density at radius 1 is 1.00 bits per heavy atom. The molecular weight excluding hydrogens is 413 g/mol. The Labute approximate surface area is 175 Å². The predicted molar refractivity (Wildman–Crippen MR) is 107 cm³/mol. The zero-order valence-electron chi connectivity index (χ0n) is 16.3. The van der Waals surface area contributed by atoms with Crippen molar-refractivity contribution >= 4 is 16.8 Å². The maximum absolute atomic E-state index is 12.8. The summed E-state index contributed by atoms with van der Waals surface area (Å²) in [5.74, 6) is -0.448. The van der Waals surface area contributed by atoms with Crippen LogP contribution in [0.2, 0.25) is 0 Å². The second-order valence-electron chi connectivity index (χ2n) is 7.23. The van der Waals surface area contributed by atoms with Crippen LogP contribution in [-0.4, -0.2) is 41.3 Å². The molecule has 2 aromatic carbocycles. The van der Waals surface area contributed by atoms with Crippen molar-refractivity contribution in [2.45, 2.75) is 25.3 Å². The van der Waals surface area contributed by atoms with Gasteiger partial charge in [-0.25, -0.2) is 0 Å². The van der Waals surface area contributed by atoms with Crippen LogP contribution in [0.5, 0.6) is 11.5 Å². The number of nitrogens with zero attached hydrogens (tertiary/aromatic N) is 1. The number of hydrogen-bond acceptors (Lipinski definition) is 4. The Bertz CT molecular complexity index is 1150. The van der Waals surface area contributed by atoms with Gasteiger partial charge in [0.25, 0.3) is 11.5 Å². The summed E-state index contributed by atoms with van der Waals surface area (Å²) in [5.41, 5.74) is 0.298. The zero-order valence-corrected chi connectivity index (χ0v) is 16.3. The van der Waals surface area contributed by atoms with E-state index < -0.39 is 11.9 Å². The molecule has 1 N–H and O–H groups in total. The van der Waals surface area contributed by atoms with Crippen LogP contribution in [0.25, 0.3) is 10.9 Å². The molecule has 31 heavy (non-hydrogen) atoms. The van der Waals surface area contributed by atoms with Crippen molar-refractivity contribution in [1.29, 1.82) is 0 Å². The van der Waals surface area contributed by atoms with Crippen molar-refractivity contribution in [2.75, 3.05) is 13.1 Å². The Morgan fingerprint density at radius 3 is 2.45 bits per heavy atom. The van der Waals surface area contributed by atoms with Gasteiger partial charge in [0.1, 0.15) is 23.2 Å². The van der Waals surface area contributed by atoms with Crippen LogP contribution in [0.15, 0.2) is 59.4 Å². The average molecular weight is 432 g/mol. The number of H-pyrrole nitrogens is 1. The first-order valence-electron chi connectivity index (χ1n) is 9.72. The molecular formula is C22H19F3N2O4. The van der Waals surface area contributed by atoms with Crippen LogP contribution >= 0.6 is 0 Å². The van der Waals surface area contributed by atoms with Gasteiger partial charge >= 0.3 is 6.36 Å². The number of likely N-dealkylation sites (tertiary alicyclic amines) is 1. The highest BCUT2D eigenvalue weighted by molar-refractivity contribution is 5.97. The molecule has 1 aliphatic rings. The second kappa shape index (κ2) is 8.33. The molecule has 0 spiro atoms. The summed E-state index contributed by atoms with van der Waals surface area (Å²) >= 11 is 0. The van der Waals surface area contributed by atoms with Crippen LogP contribution in [-0.2, 0) is 0 Å². The van der Waals surface area contributed by atoms with Gasteiger partial charge in [-0.05, 0) is 29.7 Å². The number of pyridine rings is 1. The molecule has 1 aromatic heterocycles. The summed E-state index contributed by atoms with van der Waals surface area (Å²) in [6.45, 7) is 0.739. The minimum Gasteiger partial charge on any atom is -0.490 e. The Balaban J connectivity index is 1.39. The molecule has 0 atom stereocenters. The lowest BCUT2D eigenvalue weighted by Gasteiger charge is -2.32. The number of rotatable bonds is 4. The third-order valence-electron chi connectivity index (χ3n) is 5.05. The number of fused-ring (bicyclic) bond motifs is 1. The number of para-hydroxylation sites is 1. The highest BCUT2D eigenvalue weighted by atomic mass is 19.4. The lowest BCUT2D eigenvalue weighted by Crippen LogP contribution is -2.43. The monoisotopic (exact) mass is 432 g/mol. The van der Waals surface area contributed by atoms with Crippen LogP contribution in [0.1, 0.15) is 23.2 Å². The van der Waals surface area contributed by atoms with E-state index in [0.717, 1.165) is 5.39 Å². The van der Waals surface area contributed by atoms with Gasteiger partial charge in [-0.15, -0.1) is 13.2 Å². The van der Waals surface area contributed by atoms with Gasteiger partial charge in [0.2, 0.25) is 0 Å². The molecule has 6 nitrogen and oxygen atoms in total. The molecule has 0 radical (unpaired) electrons. The molecule has 162 valence electrons. The summed E-state index contributed by atoms with van der Waals surface area (Å²) in [6, 6.07) is 14.1. The average Bonchev–Trinajstić information content (AvgIpc) is 2.72. The minimum atomic E-state index is -4.77. The van der Waals surface area contributed by atoms with Crippen molar-refractivity contribution in [1.82, 2.24) is 9.88 Å². The van der Waals surface area contributed by atoms with Crippen molar-refractivity contribution in [3.8, 4) is 11.5 Å². The number of piperidine rings is 1. The fourth-order valence-corrected chi connectivity index (χ4v) is 3.59. The Kier molecular flexibility index (Phi) is 5.58. The molecule has 1 fully saturated rings. The number of amides is 1. The van der Waals surface area contributed by atoms with Gasteiger partial charge in [0.05, 0.1) is 0 Å². The van der Waals surface area contributed by atoms with E-state index in [-0.39, 0.29) is 29.1 Å². The third kappa shape index (κ3) is 4.99. The largest absolute Gasteiger partial charge is 0.573 e. The lowest BCUT2D eigenvalue weighted by atomic mass is 10.1. The van der Waals surface area contributed by atoms with E-state index in [1.54, 1.807) is 29.2 Å². The van der Waals surface area contributed by atoms with E-state index in [1.165, 1.54) is 18.2 Å². The number of aromatic nitrogens is 1. The van der Waals surface area contributed by atoms with Gasteiger partial charge in [-0.2, -0.15) is 0 Å². The van der Waals surface area contributed by atoms with Crippen LogP contribution in [0.3, 0.4) is 0 Å². The van der Waals surface area contributed by atoms with E-state index in [0.29, 0.717) is 31.4 Å². The molecule has 9 heteroatoms. The lowest BCUT2D eigenvalue weighted by molar-refractivity contribution is -0.274. The first kappa shape index (κ1) is 20.8. The topological polar surface area (TPSA) is 71.6 Å². The molecule has 2 heterocycles. The summed E-state index contributed by atoms with van der Waals surface area (Å²) in [4.78, 5) is 29.5. The van der Waals surface area contributed by atoms with Gasteiger partial charge in [-0.1, -0.05) is 24.3 Å². The molecule has 1 saturated heterocycles. The number of hydrogen-bond donors (Lipinski definition) is 1. The number of nitrogens with one attached hydrogen (secondary N) is 1. The van der Waals surface area contributed by atoms with Gasteiger partial charge < -0.3 is 19.4 Å². The third-order valence-corrected chi connectivity index (χ3v) is 5.05. The highest BCUT2D eigenvalue weighted by Crippen LogP contribution is 2.28. The summed E-state index contributed by atoms with van der Waals surface area (Å²) in [7, 11) is 0. The highest BCUT2D eigenvalue weighted by Gasteiger charge is 2.31. The predicted octanol–water partition coefficient (Wildman–Crippen LogP) is 4.11. The number of alkyl halides is 3. The smallest absolute Gasteiger partial charge is 0.490 e. The Morgan fingerprint density at radius 2 is 1.71 bits per heavy atom. The molecule has 1 aliphatic heterocycles. The summed E-state index contributed by atoms with van der Waals surface area (Å²) in [5, 5.41) is 0.768. The minimum absolute atomic E-state index is 0.0788. The van der Waals surface area contributed by atoms with Crippen molar-refractivity contribution in [2.24, 2.45) is 0 Å². The SMILES string of the molecule is O=C(c1cc2ccccc2[nH]c1=O)N1CCC(Oc2cccc(OC(F)(F)F)c2)CC1. The number of aromatic amines is 1. The standard InChI is InChI=1S/C22H19F3N2O4/c23-22(24,25)31-17-6-3-5-16(13-17)30-15-8-10-27(11-9-15)21(29)18-12-14-4-1-2-7-19(14)26-20(18)28/h1-7,12-13,15H,8-11H2,(H,26,28). The number of benzene rings is 2. The van der Waals surface area contributed by atoms with Crippen molar-refractivity contribution in [3.05, 3.63) is 70.5 Å². The molecule has 0 aliphatic carbocycles. The Hall–Kier alpha value is -3.49. The molecule has 0 bridgehead atoms. The van der Waals surface area contributed by atoms with E-state index in [2.05, 4.69) is 9.72 Å². The summed E-state index contributed by atoms with van der Waals surface area (Å²) < 4.78 is 46.8. The maximum atomic E-state index is 12.8. The van der Waals surface area contributed by atoms with Gasteiger partial charge in [0.15, 0.2) is 0 Å². The molecule has 4 rings (SSSR count). The zero-order chi connectivity index (χ0) is 22.0. The van der Waals surface area contributed by atoms with E-state index in [4.69, 9.17) is 4.74 Å². The fourth-order valence-electron chi connectivity index (χ4n) is 3.59. The normalized spacial score (nSPS) is 15.1. The van der Waals surface area contributed by atoms with Crippen LogP contribution < -0.4 is 15.0 Å². The molecule has 0 unspecified atom stereocenters. The summed E-state index contributed by atoms with van der Waals surface area (Å²) in [6.07, 6.45) is -4.06. The first-order valence-corrected chi connectivity index (χ1v) is 9.72. The van der Waals surface area contributed by atoms with E-state index >= 15 is 0 Å². The number of ether oxygens (including phenoxy) is 2. The molecule has 1 amide bonds. The second-order valence-corrected chi connectivity index (χ2v) is 7.23. The maximum Gasteiger partial charge on any atom is 0.573 e. The van der Waals surface area contributed by atoms with Gasteiger partial charge in [0, 0.05) is 37.5 Å².